The van der Waals surface area contributed by atoms with E-state index in [0.29, 0.717) is 0 Å². The van der Waals surface area contributed by atoms with E-state index in [9.17, 15) is 5.11 Å². The van der Waals surface area contributed by atoms with Gasteiger partial charge in [-0.2, -0.15) is 0 Å². The zero-order valence-corrected chi connectivity index (χ0v) is 10.3. The van der Waals surface area contributed by atoms with Crippen LogP contribution >= 0.6 is 0 Å². The molecular weight excluding hydrogens is 204 g/mol. The van der Waals surface area contributed by atoms with Gasteiger partial charge < -0.3 is 14.6 Å². The molecule has 0 aromatic rings. The van der Waals surface area contributed by atoms with Crippen molar-refractivity contribution in [3.05, 3.63) is 12.2 Å². The average molecular weight is 226 g/mol. The van der Waals surface area contributed by atoms with Crippen molar-refractivity contribution >= 4 is 0 Å². The largest absolute Gasteiger partial charge is 0.390 e. The van der Waals surface area contributed by atoms with Crippen molar-refractivity contribution in [3.8, 4) is 0 Å². The molecule has 0 bridgehead atoms. The Hall–Kier alpha value is -0.380. The monoisotopic (exact) mass is 226 g/mol. The summed E-state index contributed by atoms with van der Waals surface area (Å²) in [5.74, 6) is -0.348. The van der Waals surface area contributed by atoms with E-state index >= 15 is 0 Å². The molecule has 1 aliphatic carbocycles. The summed E-state index contributed by atoms with van der Waals surface area (Å²) in [7, 11) is 0. The first-order valence-electron chi connectivity index (χ1n) is 6.25. The molecule has 1 N–H and O–H groups in total. The molecule has 92 valence electrons. The van der Waals surface area contributed by atoms with Crippen LogP contribution in [0.2, 0.25) is 0 Å². The van der Waals surface area contributed by atoms with Crippen LogP contribution in [-0.2, 0) is 9.47 Å². The van der Waals surface area contributed by atoms with Crippen LogP contribution in [0.4, 0.5) is 0 Å². The summed E-state index contributed by atoms with van der Waals surface area (Å²) < 4.78 is 11.5. The van der Waals surface area contributed by atoms with Gasteiger partial charge in [0.2, 0.25) is 0 Å². The maximum atomic E-state index is 10.2. The second-order valence-electron chi connectivity index (χ2n) is 5.25. The molecule has 1 saturated heterocycles. The molecule has 0 aromatic heterocycles. The minimum Gasteiger partial charge on any atom is -0.390 e. The third-order valence-corrected chi connectivity index (χ3v) is 3.38. The van der Waals surface area contributed by atoms with Crippen LogP contribution in [0.15, 0.2) is 12.2 Å². The number of fused-ring (bicyclic) bond motifs is 1. The summed E-state index contributed by atoms with van der Waals surface area (Å²) >= 11 is 0. The Morgan fingerprint density at radius 2 is 2.00 bits per heavy atom. The standard InChI is InChI=1S/C13H22O3/c1-4-5-6-9-7-8-10-12(11(9)14)16-13(2,3)15-10/h7-12,14H,4-6H2,1-3H3/t9-,10+,11+,12+/m1/s1. The fraction of sp³-hybridized carbons (Fsp3) is 0.846. The van der Waals surface area contributed by atoms with E-state index in [2.05, 4.69) is 13.0 Å². The molecule has 0 radical (unpaired) electrons. The molecule has 2 aliphatic rings. The molecule has 1 aliphatic heterocycles. The molecule has 1 heterocycles. The summed E-state index contributed by atoms with van der Waals surface area (Å²) in [5, 5.41) is 10.2. The van der Waals surface area contributed by atoms with Crippen molar-refractivity contribution in [3.63, 3.8) is 0 Å². The van der Waals surface area contributed by atoms with Crippen LogP contribution in [0.1, 0.15) is 40.0 Å². The average Bonchev–Trinajstić information content (AvgIpc) is 2.53. The second kappa shape index (κ2) is 4.47. The molecule has 2 rings (SSSR count). The van der Waals surface area contributed by atoms with Crippen LogP contribution in [-0.4, -0.2) is 29.2 Å². The smallest absolute Gasteiger partial charge is 0.164 e. The number of hydrogen-bond donors (Lipinski definition) is 1. The first-order chi connectivity index (χ1) is 7.53. The van der Waals surface area contributed by atoms with Gasteiger partial charge in [-0.3, -0.25) is 0 Å². The first kappa shape index (κ1) is 12.1. The minimum atomic E-state index is -0.569. The van der Waals surface area contributed by atoms with Gasteiger partial charge in [0.1, 0.15) is 12.2 Å². The zero-order chi connectivity index (χ0) is 11.8. The second-order valence-corrected chi connectivity index (χ2v) is 5.25. The van der Waals surface area contributed by atoms with Gasteiger partial charge >= 0.3 is 0 Å². The summed E-state index contributed by atoms with van der Waals surface area (Å²) in [6, 6.07) is 0. The molecule has 1 fully saturated rings. The molecule has 3 nitrogen and oxygen atoms in total. The van der Waals surface area contributed by atoms with Gasteiger partial charge in [0.15, 0.2) is 5.79 Å². The molecular formula is C13H22O3. The van der Waals surface area contributed by atoms with Crippen molar-refractivity contribution in [1.29, 1.82) is 0 Å². The van der Waals surface area contributed by atoms with Gasteiger partial charge in [-0.25, -0.2) is 0 Å². The molecule has 3 heteroatoms. The Bertz CT molecular complexity index is 272. The lowest BCUT2D eigenvalue weighted by Crippen LogP contribution is -2.42. The molecule has 0 saturated carbocycles. The lowest BCUT2D eigenvalue weighted by Gasteiger charge is -2.30. The number of rotatable bonds is 3. The van der Waals surface area contributed by atoms with Crippen LogP contribution < -0.4 is 0 Å². The first-order valence-corrected chi connectivity index (χ1v) is 6.25. The van der Waals surface area contributed by atoms with E-state index in [-0.39, 0.29) is 18.1 Å². The Morgan fingerprint density at radius 1 is 1.25 bits per heavy atom. The van der Waals surface area contributed by atoms with Gasteiger partial charge in [-0.15, -0.1) is 0 Å². The summed E-state index contributed by atoms with van der Waals surface area (Å²) in [5.41, 5.74) is 0. The van der Waals surface area contributed by atoms with Crippen LogP contribution in [0.25, 0.3) is 0 Å². The predicted octanol–water partition coefficient (Wildman–Crippen LogP) is 2.24. The van der Waals surface area contributed by atoms with E-state index in [4.69, 9.17) is 9.47 Å². The fourth-order valence-corrected chi connectivity index (χ4v) is 2.55. The highest BCUT2D eigenvalue weighted by Gasteiger charge is 2.47. The van der Waals surface area contributed by atoms with Crippen LogP contribution in [0, 0.1) is 5.92 Å². The van der Waals surface area contributed by atoms with E-state index in [1.807, 2.05) is 19.9 Å². The SMILES string of the molecule is CCCC[C@@H]1C=C[C@@H]2OC(C)(C)O[C@@H]2[C@H]1O. The van der Waals surface area contributed by atoms with Crippen molar-refractivity contribution in [2.75, 3.05) is 0 Å². The minimum absolute atomic E-state index is 0.0807. The number of aliphatic hydroxyl groups is 1. The maximum Gasteiger partial charge on any atom is 0.164 e. The topological polar surface area (TPSA) is 38.7 Å². The van der Waals surface area contributed by atoms with Gasteiger partial charge in [0.25, 0.3) is 0 Å². The third kappa shape index (κ3) is 2.31. The summed E-state index contributed by atoms with van der Waals surface area (Å²) in [4.78, 5) is 0. The molecule has 0 spiro atoms. The number of ether oxygens (including phenoxy) is 2. The van der Waals surface area contributed by atoms with Crippen molar-refractivity contribution in [1.82, 2.24) is 0 Å². The van der Waals surface area contributed by atoms with Crippen molar-refractivity contribution in [2.45, 2.75) is 64.1 Å². The van der Waals surface area contributed by atoms with Gasteiger partial charge in [0.05, 0.1) is 6.10 Å². The summed E-state index contributed by atoms with van der Waals surface area (Å²) in [6.45, 7) is 5.96. The number of aliphatic hydroxyl groups excluding tert-OH is 1. The fourth-order valence-electron chi connectivity index (χ4n) is 2.55. The van der Waals surface area contributed by atoms with Crippen molar-refractivity contribution in [2.24, 2.45) is 5.92 Å². The Morgan fingerprint density at radius 3 is 2.69 bits per heavy atom. The lowest BCUT2D eigenvalue weighted by atomic mass is 9.85. The molecule has 0 unspecified atom stereocenters. The lowest BCUT2D eigenvalue weighted by molar-refractivity contribution is -0.155. The summed E-state index contributed by atoms with van der Waals surface area (Å²) in [6.07, 6.45) is 6.77. The van der Waals surface area contributed by atoms with Crippen molar-refractivity contribution < 1.29 is 14.6 Å². The number of unbranched alkanes of at least 4 members (excludes halogenated alkanes) is 1. The van der Waals surface area contributed by atoms with E-state index in [0.717, 1.165) is 19.3 Å². The third-order valence-electron chi connectivity index (χ3n) is 3.38. The van der Waals surface area contributed by atoms with Gasteiger partial charge in [-0.05, 0) is 20.3 Å². The van der Waals surface area contributed by atoms with E-state index in [1.54, 1.807) is 0 Å². The highest BCUT2D eigenvalue weighted by atomic mass is 16.8. The van der Waals surface area contributed by atoms with E-state index < -0.39 is 11.9 Å². The van der Waals surface area contributed by atoms with Crippen LogP contribution in [0.3, 0.4) is 0 Å². The quantitative estimate of drug-likeness (QED) is 0.750. The normalized spacial score (nSPS) is 41.0. The van der Waals surface area contributed by atoms with Crippen LogP contribution in [0.5, 0.6) is 0 Å². The Kier molecular flexibility index (Phi) is 3.38. The molecule has 4 atom stereocenters. The van der Waals surface area contributed by atoms with Gasteiger partial charge in [-0.1, -0.05) is 31.9 Å². The molecule has 16 heavy (non-hydrogen) atoms. The van der Waals surface area contributed by atoms with Gasteiger partial charge in [0, 0.05) is 5.92 Å². The highest BCUT2D eigenvalue weighted by molar-refractivity contribution is 5.10. The maximum absolute atomic E-state index is 10.2. The number of hydrogen-bond acceptors (Lipinski definition) is 3. The molecule has 0 aromatic carbocycles. The predicted molar refractivity (Wildman–Crippen MR) is 62.0 cm³/mol. The Labute approximate surface area is 97.4 Å². The highest BCUT2D eigenvalue weighted by Crippen LogP contribution is 2.36. The zero-order valence-electron chi connectivity index (χ0n) is 10.3. The van der Waals surface area contributed by atoms with E-state index in [1.165, 1.54) is 0 Å². The molecule has 0 amide bonds. The Balaban J connectivity index is 2.03.